The second-order valence-corrected chi connectivity index (χ2v) is 9.15. The van der Waals surface area contributed by atoms with Gasteiger partial charge in [0.2, 0.25) is 10.0 Å². The molecule has 4 N–H and O–H groups in total. The molecule has 0 aliphatic carbocycles. The third-order valence-corrected chi connectivity index (χ3v) is 7.11. The van der Waals surface area contributed by atoms with E-state index in [0.29, 0.717) is 24.1 Å². The molecule has 4 rings (SSSR count). The Morgan fingerprint density at radius 3 is 2.57 bits per heavy atom. The Morgan fingerprint density at radius 2 is 1.83 bits per heavy atom. The summed E-state index contributed by atoms with van der Waals surface area (Å²) >= 11 is 0. The molecule has 7 nitrogen and oxygen atoms in total. The smallest absolute Gasteiger partial charge is 0.243 e. The minimum Gasteiger partial charge on any atom is -0.382 e. The van der Waals surface area contributed by atoms with Crippen LogP contribution in [0.25, 0.3) is 22.4 Å². The van der Waals surface area contributed by atoms with E-state index in [1.54, 1.807) is 24.3 Å². The summed E-state index contributed by atoms with van der Waals surface area (Å²) in [6, 6.07) is 10.9. The molecule has 1 unspecified atom stereocenters. The van der Waals surface area contributed by atoms with E-state index < -0.39 is 15.8 Å². The molecule has 0 amide bonds. The van der Waals surface area contributed by atoms with Gasteiger partial charge in [-0.3, -0.25) is 4.98 Å². The normalized spacial score (nSPS) is 17.7. The van der Waals surface area contributed by atoms with E-state index in [1.165, 1.54) is 34.9 Å². The Balaban J connectivity index is 1.76. The lowest BCUT2D eigenvalue weighted by Gasteiger charge is -2.30. The molecule has 1 atom stereocenters. The van der Waals surface area contributed by atoms with Crippen LogP contribution in [0, 0.1) is 5.82 Å². The zero-order valence-corrected chi connectivity index (χ0v) is 17.0. The van der Waals surface area contributed by atoms with Crippen LogP contribution in [-0.4, -0.2) is 41.8 Å². The number of sulfonamides is 1. The van der Waals surface area contributed by atoms with Crippen LogP contribution in [0.5, 0.6) is 0 Å². The van der Waals surface area contributed by atoms with Crippen molar-refractivity contribution in [2.75, 3.05) is 18.8 Å². The van der Waals surface area contributed by atoms with Crippen molar-refractivity contribution in [3.8, 4) is 22.4 Å². The number of nitrogen functional groups attached to an aromatic ring is 1. The van der Waals surface area contributed by atoms with Gasteiger partial charge in [-0.05, 0) is 36.6 Å². The molecular weight excluding hydrogens is 405 g/mol. The van der Waals surface area contributed by atoms with E-state index in [4.69, 9.17) is 11.5 Å². The van der Waals surface area contributed by atoms with Crippen LogP contribution in [0.1, 0.15) is 12.8 Å². The predicted octanol–water partition coefficient (Wildman–Crippen LogP) is 2.64. The van der Waals surface area contributed by atoms with Crippen molar-refractivity contribution in [1.29, 1.82) is 0 Å². The Labute approximate surface area is 174 Å². The van der Waals surface area contributed by atoms with Crippen LogP contribution in [0.15, 0.2) is 59.8 Å². The topological polar surface area (TPSA) is 115 Å². The van der Waals surface area contributed by atoms with Crippen molar-refractivity contribution in [2.45, 2.75) is 23.8 Å². The highest BCUT2D eigenvalue weighted by Gasteiger charge is 2.30. The van der Waals surface area contributed by atoms with E-state index in [0.717, 1.165) is 6.42 Å². The number of aromatic nitrogens is 2. The Bertz CT molecular complexity index is 1190. The third-order valence-electron chi connectivity index (χ3n) is 5.19. The number of hydrogen-bond acceptors (Lipinski definition) is 6. The molecule has 0 bridgehead atoms. The summed E-state index contributed by atoms with van der Waals surface area (Å²) in [5.74, 6) is -0.444. The fourth-order valence-electron chi connectivity index (χ4n) is 3.69. The van der Waals surface area contributed by atoms with Gasteiger partial charge in [0.1, 0.15) is 17.3 Å². The fourth-order valence-corrected chi connectivity index (χ4v) is 5.44. The van der Waals surface area contributed by atoms with Crippen LogP contribution < -0.4 is 11.5 Å². The first-order valence-electron chi connectivity index (χ1n) is 9.59. The van der Waals surface area contributed by atoms with Gasteiger partial charge in [-0.15, -0.1) is 0 Å². The average molecular weight is 428 g/mol. The number of halogens is 1. The molecule has 156 valence electrons. The second kappa shape index (κ2) is 8.10. The number of benzene rings is 2. The molecule has 2 aromatic carbocycles. The molecule has 0 spiro atoms. The van der Waals surface area contributed by atoms with Gasteiger partial charge in [0.15, 0.2) is 0 Å². The van der Waals surface area contributed by atoms with E-state index in [2.05, 4.69) is 9.97 Å². The molecule has 1 aliphatic rings. The van der Waals surface area contributed by atoms with Crippen LogP contribution in [-0.2, 0) is 10.0 Å². The summed E-state index contributed by atoms with van der Waals surface area (Å²) in [5.41, 5.74) is 13.1. The maximum atomic E-state index is 14.9. The lowest BCUT2D eigenvalue weighted by molar-refractivity contribution is 0.316. The van der Waals surface area contributed by atoms with Crippen LogP contribution in [0.2, 0.25) is 0 Å². The standard InChI is InChI=1S/C21H22FN5O2S/c22-18-12-14(7-8-17(18)20-21(24)26-10-9-25-20)16-5-1-2-6-19(16)30(28,29)27-11-3-4-15(23)13-27/h1-2,5-10,12,15H,3-4,11,13,23H2,(H2,24,26). The number of nitrogens with two attached hydrogens (primary N) is 2. The van der Waals surface area contributed by atoms with Gasteiger partial charge in [-0.1, -0.05) is 24.3 Å². The van der Waals surface area contributed by atoms with Gasteiger partial charge in [0.25, 0.3) is 0 Å². The van der Waals surface area contributed by atoms with Gasteiger partial charge in [0, 0.05) is 42.7 Å². The number of nitrogens with zero attached hydrogens (tertiary/aromatic N) is 3. The zero-order valence-electron chi connectivity index (χ0n) is 16.2. The van der Waals surface area contributed by atoms with E-state index >= 15 is 0 Å². The Kier molecular flexibility index (Phi) is 5.50. The van der Waals surface area contributed by atoms with Gasteiger partial charge in [0.05, 0.1) is 4.90 Å². The number of rotatable bonds is 4. The van der Waals surface area contributed by atoms with E-state index in [9.17, 15) is 12.8 Å². The van der Waals surface area contributed by atoms with Crippen LogP contribution in [0.4, 0.5) is 10.2 Å². The lowest BCUT2D eigenvalue weighted by atomic mass is 10.0. The first kappa shape index (κ1) is 20.4. The van der Waals surface area contributed by atoms with Gasteiger partial charge >= 0.3 is 0 Å². The minimum absolute atomic E-state index is 0.119. The van der Waals surface area contributed by atoms with Crippen LogP contribution in [0.3, 0.4) is 0 Å². The van der Waals surface area contributed by atoms with E-state index in [-0.39, 0.29) is 34.6 Å². The summed E-state index contributed by atoms with van der Waals surface area (Å²) in [6.07, 6.45) is 4.38. The Hall–Kier alpha value is -2.88. The first-order chi connectivity index (χ1) is 14.4. The molecule has 1 aromatic heterocycles. The SMILES string of the molecule is Nc1nccnc1-c1ccc(-c2ccccc2S(=O)(=O)N2CCCC(N)C2)cc1F. The first-order valence-corrected chi connectivity index (χ1v) is 11.0. The van der Waals surface area contributed by atoms with Gasteiger partial charge < -0.3 is 11.5 Å². The lowest BCUT2D eigenvalue weighted by Crippen LogP contribution is -2.45. The number of anilines is 1. The second-order valence-electron chi connectivity index (χ2n) is 7.25. The number of hydrogen-bond donors (Lipinski definition) is 2. The molecule has 0 radical (unpaired) electrons. The van der Waals surface area contributed by atoms with Crippen molar-refractivity contribution >= 4 is 15.8 Å². The summed E-state index contributed by atoms with van der Waals surface area (Å²) in [7, 11) is -3.77. The summed E-state index contributed by atoms with van der Waals surface area (Å²) in [4.78, 5) is 8.16. The molecule has 9 heteroatoms. The van der Waals surface area contributed by atoms with Crippen molar-refractivity contribution in [1.82, 2.24) is 14.3 Å². The highest BCUT2D eigenvalue weighted by atomic mass is 32.2. The van der Waals surface area contributed by atoms with Crippen LogP contribution >= 0.6 is 0 Å². The Morgan fingerprint density at radius 1 is 1.07 bits per heavy atom. The summed E-state index contributed by atoms with van der Waals surface area (Å²) < 4.78 is 42.9. The zero-order chi connectivity index (χ0) is 21.3. The molecule has 0 saturated carbocycles. The molecule has 1 saturated heterocycles. The van der Waals surface area contributed by atoms with Crippen molar-refractivity contribution in [2.24, 2.45) is 5.73 Å². The van der Waals surface area contributed by atoms with Crippen molar-refractivity contribution < 1.29 is 12.8 Å². The minimum atomic E-state index is -3.77. The van der Waals surface area contributed by atoms with Gasteiger partial charge in [-0.25, -0.2) is 17.8 Å². The van der Waals surface area contributed by atoms with Crippen molar-refractivity contribution in [3.63, 3.8) is 0 Å². The third kappa shape index (κ3) is 3.79. The quantitative estimate of drug-likeness (QED) is 0.661. The maximum absolute atomic E-state index is 14.9. The van der Waals surface area contributed by atoms with E-state index in [1.807, 2.05) is 0 Å². The molecule has 1 fully saturated rings. The molecule has 2 heterocycles. The highest BCUT2D eigenvalue weighted by molar-refractivity contribution is 7.89. The predicted molar refractivity (Wildman–Crippen MR) is 113 cm³/mol. The maximum Gasteiger partial charge on any atom is 0.243 e. The monoisotopic (exact) mass is 427 g/mol. The molecule has 30 heavy (non-hydrogen) atoms. The molecule has 1 aliphatic heterocycles. The molecule has 3 aromatic rings. The van der Waals surface area contributed by atoms with Gasteiger partial charge in [-0.2, -0.15) is 4.31 Å². The number of piperidine rings is 1. The molecular formula is C21H22FN5O2S. The fraction of sp³-hybridized carbons (Fsp3) is 0.238. The van der Waals surface area contributed by atoms with Crippen molar-refractivity contribution in [3.05, 3.63) is 60.7 Å². The average Bonchev–Trinajstić information content (AvgIpc) is 2.74. The highest BCUT2D eigenvalue weighted by Crippen LogP contribution is 2.33. The summed E-state index contributed by atoms with van der Waals surface area (Å²) in [6.45, 7) is 0.694. The largest absolute Gasteiger partial charge is 0.382 e. The summed E-state index contributed by atoms with van der Waals surface area (Å²) in [5, 5.41) is 0.